The number of nitrogens with zero attached hydrogens (tertiary/aromatic N) is 2. The van der Waals surface area contributed by atoms with E-state index < -0.39 is 0 Å². The van der Waals surface area contributed by atoms with Crippen LogP contribution >= 0.6 is 11.3 Å². The number of hydrogen-bond acceptors (Lipinski definition) is 3. The minimum atomic E-state index is -0.0903. The van der Waals surface area contributed by atoms with Crippen molar-refractivity contribution in [3.05, 3.63) is 40.3 Å². The Morgan fingerprint density at radius 1 is 1.54 bits per heavy atom. The highest BCUT2D eigenvalue weighted by molar-refractivity contribution is 7.07. The zero-order chi connectivity index (χ0) is 9.26. The number of aryl methyl sites for hydroxylation is 1. The third-order valence-corrected chi connectivity index (χ3v) is 2.66. The van der Waals surface area contributed by atoms with Gasteiger partial charge in [-0.05, 0) is 28.5 Å². The lowest BCUT2D eigenvalue weighted by Crippen LogP contribution is -2.11. The SMILES string of the molecule is Cn1ccc(C(N)c2ccsc2)n1. The molecule has 0 aliphatic rings. The zero-order valence-corrected chi connectivity index (χ0v) is 8.16. The van der Waals surface area contributed by atoms with Crippen molar-refractivity contribution in [1.82, 2.24) is 9.78 Å². The van der Waals surface area contributed by atoms with Gasteiger partial charge in [0.1, 0.15) is 0 Å². The Bertz CT molecular complexity index is 377. The predicted octanol–water partition coefficient (Wildman–Crippen LogP) is 1.53. The van der Waals surface area contributed by atoms with Gasteiger partial charge in [0, 0.05) is 13.2 Å². The van der Waals surface area contributed by atoms with E-state index in [2.05, 4.69) is 10.5 Å². The second kappa shape index (κ2) is 3.32. The summed E-state index contributed by atoms with van der Waals surface area (Å²) in [6, 6.07) is 3.89. The van der Waals surface area contributed by atoms with E-state index in [0.29, 0.717) is 0 Å². The van der Waals surface area contributed by atoms with E-state index in [-0.39, 0.29) is 6.04 Å². The third-order valence-electron chi connectivity index (χ3n) is 1.96. The lowest BCUT2D eigenvalue weighted by atomic mass is 10.1. The van der Waals surface area contributed by atoms with Crippen molar-refractivity contribution < 1.29 is 0 Å². The molecule has 0 aliphatic heterocycles. The van der Waals surface area contributed by atoms with Crippen LogP contribution in [0, 0.1) is 0 Å². The average molecular weight is 193 g/mol. The van der Waals surface area contributed by atoms with Gasteiger partial charge < -0.3 is 5.73 Å². The molecule has 2 aromatic rings. The maximum Gasteiger partial charge on any atom is 0.0837 e. The Morgan fingerprint density at radius 3 is 2.92 bits per heavy atom. The first kappa shape index (κ1) is 8.47. The fraction of sp³-hybridized carbons (Fsp3) is 0.222. The largest absolute Gasteiger partial charge is 0.319 e. The Morgan fingerprint density at radius 2 is 2.38 bits per heavy atom. The minimum absolute atomic E-state index is 0.0903. The Labute approximate surface area is 80.8 Å². The quantitative estimate of drug-likeness (QED) is 0.786. The molecule has 0 saturated carbocycles. The highest BCUT2D eigenvalue weighted by Crippen LogP contribution is 2.19. The first-order chi connectivity index (χ1) is 6.27. The summed E-state index contributed by atoms with van der Waals surface area (Å²) in [5.74, 6) is 0. The van der Waals surface area contributed by atoms with E-state index in [4.69, 9.17) is 5.73 Å². The van der Waals surface area contributed by atoms with Gasteiger partial charge >= 0.3 is 0 Å². The molecular formula is C9H11N3S. The summed E-state index contributed by atoms with van der Waals surface area (Å²) in [4.78, 5) is 0. The fourth-order valence-corrected chi connectivity index (χ4v) is 1.92. The van der Waals surface area contributed by atoms with Crippen molar-refractivity contribution in [1.29, 1.82) is 0 Å². The van der Waals surface area contributed by atoms with Crippen LogP contribution in [0.25, 0.3) is 0 Å². The van der Waals surface area contributed by atoms with Gasteiger partial charge in [-0.2, -0.15) is 16.4 Å². The van der Waals surface area contributed by atoms with E-state index in [0.717, 1.165) is 11.3 Å². The zero-order valence-electron chi connectivity index (χ0n) is 7.34. The van der Waals surface area contributed by atoms with Gasteiger partial charge in [0.25, 0.3) is 0 Å². The van der Waals surface area contributed by atoms with E-state index in [9.17, 15) is 0 Å². The van der Waals surface area contributed by atoms with Crippen molar-refractivity contribution in [2.45, 2.75) is 6.04 Å². The molecule has 0 bridgehead atoms. The minimum Gasteiger partial charge on any atom is -0.319 e. The molecular weight excluding hydrogens is 182 g/mol. The molecule has 3 nitrogen and oxygen atoms in total. The molecule has 0 radical (unpaired) electrons. The number of hydrogen-bond donors (Lipinski definition) is 1. The van der Waals surface area contributed by atoms with Crippen molar-refractivity contribution >= 4 is 11.3 Å². The van der Waals surface area contributed by atoms with Gasteiger partial charge in [-0.15, -0.1) is 0 Å². The van der Waals surface area contributed by atoms with Crippen LogP contribution in [0.5, 0.6) is 0 Å². The van der Waals surface area contributed by atoms with Crippen LogP contribution in [0.2, 0.25) is 0 Å². The number of thiophene rings is 1. The molecule has 0 aliphatic carbocycles. The lowest BCUT2D eigenvalue weighted by molar-refractivity contribution is 0.717. The van der Waals surface area contributed by atoms with Crippen molar-refractivity contribution in [3.63, 3.8) is 0 Å². The highest BCUT2D eigenvalue weighted by Gasteiger charge is 2.11. The molecule has 0 amide bonds. The second-order valence-corrected chi connectivity index (χ2v) is 3.73. The van der Waals surface area contributed by atoms with Crippen LogP contribution in [-0.2, 0) is 7.05 Å². The molecule has 1 unspecified atom stereocenters. The third kappa shape index (κ3) is 1.64. The molecule has 2 heterocycles. The molecule has 4 heteroatoms. The Hall–Kier alpha value is -1.13. The maximum atomic E-state index is 6.00. The van der Waals surface area contributed by atoms with Crippen molar-refractivity contribution in [2.24, 2.45) is 12.8 Å². The Kier molecular flexibility index (Phi) is 2.16. The second-order valence-electron chi connectivity index (χ2n) is 2.95. The summed E-state index contributed by atoms with van der Waals surface area (Å²) in [7, 11) is 1.89. The maximum absolute atomic E-state index is 6.00. The van der Waals surface area contributed by atoms with Crippen LogP contribution in [-0.4, -0.2) is 9.78 Å². The normalized spacial score (nSPS) is 13.1. The van der Waals surface area contributed by atoms with Gasteiger partial charge in [0.15, 0.2) is 0 Å². The monoisotopic (exact) mass is 193 g/mol. The van der Waals surface area contributed by atoms with Crippen molar-refractivity contribution in [3.8, 4) is 0 Å². The van der Waals surface area contributed by atoms with Gasteiger partial charge in [-0.25, -0.2) is 0 Å². The topological polar surface area (TPSA) is 43.8 Å². The van der Waals surface area contributed by atoms with Crippen LogP contribution in [0.4, 0.5) is 0 Å². The molecule has 0 saturated heterocycles. The van der Waals surface area contributed by atoms with Crippen LogP contribution < -0.4 is 5.73 Å². The number of aromatic nitrogens is 2. The van der Waals surface area contributed by atoms with E-state index in [1.165, 1.54) is 0 Å². The van der Waals surface area contributed by atoms with Gasteiger partial charge in [-0.1, -0.05) is 0 Å². The lowest BCUT2D eigenvalue weighted by Gasteiger charge is -2.05. The summed E-state index contributed by atoms with van der Waals surface area (Å²) in [6.45, 7) is 0. The molecule has 0 fully saturated rings. The van der Waals surface area contributed by atoms with Gasteiger partial charge in [0.2, 0.25) is 0 Å². The average Bonchev–Trinajstić information content (AvgIpc) is 2.72. The molecule has 2 aromatic heterocycles. The van der Waals surface area contributed by atoms with Gasteiger partial charge in [0.05, 0.1) is 11.7 Å². The molecule has 2 N–H and O–H groups in total. The van der Waals surface area contributed by atoms with E-state index >= 15 is 0 Å². The first-order valence-corrected chi connectivity index (χ1v) is 4.99. The highest BCUT2D eigenvalue weighted by atomic mass is 32.1. The number of nitrogens with two attached hydrogens (primary N) is 1. The number of rotatable bonds is 2. The molecule has 0 spiro atoms. The standard InChI is InChI=1S/C9H11N3S/c1-12-4-2-8(11-12)9(10)7-3-5-13-6-7/h2-6,9H,10H2,1H3. The molecule has 1 atom stereocenters. The fourth-order valence-electron chi connectivity index (χ4n) is 1.22. The summed E-state index contributed by atoms with van der Waals surface area (Å²) >= 11 is 1.65. The molecule has 68 valence electrons. The molecule has 2 rings (SSSR count). The Balaban J connectivity index is 2.28. The van der Waals surface area contributed by atoms with Crippen LogP contribution in [0.1, 0.15) is 17.3 Å². The summed E-state index contributed by atoms with van der Waals surface area (Å²) in [6.07, 6.45) is 1.90. The van der Waals surface area contributed by atoms with E-state index in [1.54, 1.807) is 16.0 Å². The van der Waals surface area contributed by atoms with Crippen molar-refractivity contribution in [2.75, 3.05) is 0 Å². The van der Waals surface area contributed by atoms with E-state index in [1.807, 2.05) is 30.8 Å². The van der Waals surface area contributed by atoms with Gasteiger partial charge in [-0.3, -0.25) is 4.68 Å². The molecule has 13 heavy (non-hydrogen) atoms. The summed E-state index contributed by atoms with van der Waals surface area (Å²) in [5, 5.41) is 8.34. The van der Waals surface area contributed by atoms with Crippen LogP contribution in [0.3, 0.4) is 0 Å². The summed E-state index contributed by atoms with van der Waals surface area (Å²) < 4.78 is 1.77. The van der Waals surface area contributed by atoms with Crippen LogP contribution in [0.15, 0.2) is 29.1 Å². The summed E-state index contributed by atoms with van der Waals surface area (Å²) in [5.41, 5.74) is 8.05. The predicted molar refractivity (Wildman–Crippen MR) is 53.6 cm³/mol. The smallest absolute Gasteiger partial charge is 0.0837 e. The first-order valence-electron chi connectivity index (χ1n) is 4.04. The molecule has 0 aromatic carbocycles.